The number of ether oxygens (including phenoxy) is 4. The summed E-state index contributed by atoms with van der Waals surface area (Å²) in [4.78, 5) is 16.0. The van der Waals surface area contributed by atoms with Crippen LogP contribution in [0.4, 0.5) is 0 Å². The van der Waals surface area contributed by atoms with Crippen molar-refractivity contribution in [3.8, 4) is 28.6 Å². The molecule has 0 radical (unpaired) electrons. The van der Waals surface area contributed by atoms with Crippen LogP contribution in [0, 0.1) is 0 Å². The Balaban J connectivity index is 1.56. The third-order valence-electron chi connectivity index (χ3n) is 3.64. The van der Waals surface area contributed by atoms with Gasteiger partial charge in [0.25, 0.3) is 5.89 Å². The maximum absolute atomic E-state index is 11.8. The maximum Gasteiger partial charge on any atom is 0.344 e. The number of nitrogens with zero attached hydrogens (tertiary/aromatic N) is 2. The summed E-state index contributed by atoms with van der Waals surface area (Å²) in [6.07, 6.45) is 0. The van der Waals surface area contributed by atoms with Crippen molar-refractivity contribution in [2.24, 2.45) is 0 Å². The molecule has 28 heavy (non-hydrogen) atoms. The lowest BCUT2D eigenvalue weighted by atomic mass is 10.2. The summed E-state index contributed by atoms with van der Waals surface area (Å²) >= 11 is 5.79. The largest absolute Gasteiger partial charge is 0.497 e. The third-order valence-corrected chi connectivity index (χ3v) is 3.90. The first kappa shape index (κ1) is 19.5. The van der Waals surface area contributed by atoms with Gasteiger partial charge in [0.05, 0.1) is 19.8 Å². The number of hydrogen-bond acceptors (Lipinski definition) is 8. The van der Waals surface area contributed by atoms with Crippen molar-refractivity contribution in [1.29, 1.82) is 0 Å². The highest BCUT2D eigenvalue weighted by Crippen LogP contribution is 2.31. The number of hydrogen-bond donors (Lipinski definition) is 0. The van der Waals surface area contributed by atoms with Gasteiger partial charge in [-0.2, -0.15) is 4.98 Å². The molecule has 1 heterocycles. The lowest BCUT2D eigenvalue weighted by Gasteiger charge is -2.07. The Morgan fingerprint density at radius 1 is 1.07 bits per heavy atom. The van der Waals surface area contributed by atoms with Crippen LogP contribution >= 0.6 is 11.6 Å². The Labute approximate surface area is 165 Å². The monoisotopic (exact) mass is 404 g/mol. The summed E-state index contributed by atoms with van der Waals surface area (Å²) in [5, 5.41) is 4.47. The quantitative estimate of drug-likeness (QED) is 0.526. The SMILES string of the molecule is COc1ccc(-c2noc(COC(=O)COc3ccc(Cl)cc3)n2)c(OC)c1. The zero-order chi connectivity index (χ0) is 19.9. The second-order valence-electron chi connectivity index (χ2n) is 5.48. The number of rotatable bonds is 8. The van der Waals surface area contributed by atoms with E-state index in [0.29, 0.717) is 33.7 Å². The van der Waals surface area contributed by atoms with Crippen LogP contribution in [-0.4, -0.2) is 36.9 Å². The molecule has 9 heteroatoms. The molecule has 2 aromatic carbocycles. The van der Waals surface area contributed by atoms with E-state index in [4.69, 9.17) is 35.1 Å². The number of halogens is 1. The molecule has 0 saturated carbocycles. The van der Waals surface area contributed by atoms with Crippen molar-refractivity contribution in [1.82, 2.24) is 10.1 Å². The molecule has 0 aliphatic heterocycles. The molecule has 0 fully saturated rings. The first-order valence-corrected chi connectivity index (χ1v) is 8.56. The minimum absolute atomic E-state index is 0.146. The van der Waals surface area contributed by atoms with Crippen LogP contribution < -0.4 is 14.2 Å². The van der Waals surface area contributed by atoms with Crippen molar-refractivity contribution in [2.45, 2.75) is 6.61 Å². The smallest absolute Gasteiger partial charge is 0.344 e. The van der Waals surface area contributed by atoms with Gasteiger partial charge in [-0.25, -0.2) is 4.79 Å². The van der Waals surface area contributed by atoms with Gasteiger partial charge in [0.1, 0.15) is 17.2 Å². The topological polar surface area (TPSA) is 92.9 Å². The molecule has 146 valence electrons. The van der Waals surface area contributed by atoms with E-state index in [9.17, 15) is 4.79 Å². The highest BCUT2D eigenvalue weighted by atomic mass is 35.5. The number of benzene rings is 2. The minimum atomic E-state index is -0.572. The molecule has 8 nitrogen and oxygen atoms in total. The van der Waals surface area contributed by atoms with Gasteiger partial charge in [-0.3, -0.25) is 0 Å². The average molecular weight is 405 g/mol. The molecule has 0 unspecified atom stereocenters. The van der Waals surface area contributed by atoms with Crippen LogP contribution in [0.3, 0.4) is 0 Å². The first-order chi connectivity index (χ1) is 13.6. The number of esters is 1. The van der Waals surface area contributed by atoms with Crippen molar-refractivity contribution >= 4 is 17.6 Å². The van der Waals surface area contributed by atoms with Crippen LogP contribution in [0.15, 0.2) is 47.0 Å². The van der Waals surface area contributed by atoms with Crippen LogP contribution in [-0.2, 0) is 16.1 Å². The van der Waals surface area contributed by atoms with E-state index in [1.165, 1.54) is 7.11 Å². The molecule has 1 aromatic heterocycles. The van der Waals surface area contributed by atoms with Gasteiger partial charge < -0.3 is 23.5 Å². The van der Waals surface area contributed by atoms with Crippen molar-refractivity contribution in [3.05, 3.63) is 53.4 Å². The summed E-state index contributed by atoms with van der Waals surface area (Å²) in [5.41, 5.74) is 0.621. The third kappa shape index (κ3) is 4.92. The summed E-state index contributed by atoms with van der Waals surface area (Å²) < 4.78 is 26.0. The van der Waals surface area contributed by atoms with Gasteiger partial charge in [0.15, 0.2) is 13.2 Å². The molecule has 0 aliphatic rings. The molecule has 3 rings (SSSR count). The number of carbonyl (C=O) groups excluding carboxylic acids is 1. The molecule has 0 bridgehead atoms. The van der Waals surface area contributed by atoms with Gasteiger partial charge in [-0.1, -0.05) is 16.8 Å². The maximum atomic E-state index is 11.8. The predicted molar refractivity (Wildman–Crippen MR) is 99.6 cm³/mol. The minimum Gasteiger partial charge on any atom is -0.497 e. The van der Waals surface area contributed by atoms with E-state index < -0.39 is 5.97 Å². The van der Waals surface area contributed by atoms with Crippen LogP contribution in [0.1, 0.15) is 5.89 Å². The number of aromatic nitrogens is 2. The van der Waals surface area contributed by atoms with Gasteiger partial charge >= 0.3 is 5.97 Å². The fourth-order valence-electron chi connectivity index (χ4n) is 2.26. The Morgan fingerprint density at radius 2 is 1.82 bits per heavy atom. The first-order valence-electron chi connectivity index (χ1n) is 8.18. The molecule has 0 amide bonds. The van der Waals surface area contributed by atoms with E-state index in [0.717, 1.165) is 0 Å². The normalized spacial score (nSPS) is 10.4. The Morgan fingerprint density at radius 3 is 2.54 bits per heavy atom. The second-order valence-corrected chi connectivity index (χ2v) is 5.92. The van der Waals surface area contributed by atoms with E-state index in [2.05, 4.69) is 10.1 Å². The van der Waals surface area contributed by atoms with Crippen molar-refractivity contribution in [2.75, 3.05) is 20.8 Å². The van der Waals surface area contributed by atoms with Gasteiger partial charge in [0, 0.05) is 11.1 Å². The number of carbonyl (C=O) groups is 1. The van der Waals surface area contributed by atoms with Crippen LogP contribution in [0.5, 0.6) is 17.2 Å². The standard InChI is InChI=1S/C19H17ClN2O6/c1-24-14-7-8-15(16(9-14)25-2)19-21-17(28-22-19)10-27-18(23)11-26-13-5-3-12(20)4-6-13/h3-9H,10-11H2,1-2H3. The zero-order valence-electron chi connectivity index (χ0n) is 15.2. The molecule has 0 aliphatic carbocycles. The molecule has 0 N–H and O–H groups in total. The summed E-state index contributed by atoms with van der Waals surface area (Å²) in [5.74, 6) is 1.56. The highest BCUT2D eigenvalue weighted by molar-refractivity contribution is 6.30. The van der Waals surface area contributed by atoms with Gasteiger partial charge in [-0.15, -0.1) is 0 Å². The molecular formula is C19H17ClN2O6. The van der Waals surface area contributed by atoms with Gasteiger partial charge in [-0.05, 0) is 36.4 Å². The van der Waals surface area contributed by atoms with Crippen LogP contribution in [0.2, 0.25) is 5.02 Å². The molecule has 3 aromatic rings. The average Bonchev–Trinajstić information content (AvgIpc) is 3.20. The fraction of sp³-hybridized carbons (Fsp3) is 0.211. The van der Waals surface area contributed by atoms with Crippen LogP contribution in [0.25, 0.3) is 11.4 Å². The lowest BCUT2D eigenvalue weighted by molar-refractivity contribution is -0.148. The van der Waals surface area contributed by atoms with E-state index in [1.54, 1.807) is 49.6 Å². The van der Waals surface area contributed by atoms with Gasteiger partial charge in [0.2, 0.25) is 5.82 Å². The van der Waals surface area contributed by atoms with E-state index >= 15 is 0 Å². The Hall–Kier alpha value is -3.26. The van der Waals surface area contributed by atoms with E-state index in [1.807, 2.05) is 0 Å². The summed E-state index contributed by atoms with van der Waals surface area (Å²) in [7, 11) is 3.09. The zero-order valence-corrected chi connectivity index (χ0v) is 15.9. The second kappa shape index (κ2) is 9.09. The summed E-state index contributed by atoms with van der Waals surface area (Å²) in [6.45, 7) is -0.427. The van der Waals surface area contributed by atoms with E-state index in [-0.39, 0.29) is 19.1 Å². The molecular weight excluding hydrogens is 388 g/mol. The lowest BCUT2D eigenvalue weighted by Crippen LogP contribution is -2.14. The molecule has 0 spiro atoms. The Kier molecular flexibility index (Phi) is 6.33. The summed E-state index contributed by atoms with van der Waals surface area (Å²) in [6, 6.07) is 11.8. The van der Waals surface area contributed by atoms with Crippen molar-refractivity contribution in [3.63, 3.8) is 0 Å². The Bertz CT molecular complexity index is 942. The molecule has 0 atom stereocenters. The number of methoxy groups -OCH3 is 2. The van der Waals surface area contributed by atoms with Crippen molar-refractivity contribution < 1.29 is 28.3 Å². The predicted octanol–water partition coefficient (Wildman–Crippen LogP) is 3.53. The fourth-order valence-corrected chi connectivity index (χ4v) is 2.39. The molecule has 0 saturated heterocycles. The highest BCUT2D eigenvalue weighted by Gasteiger charge is 2.15.